The Bertz CT molecular complexity index is 188. The van der Waals surface area contributed by atoms with E-state index in [-0.39, 0.29) is 10.7 Å². The van der Waals surface area contributed by atoms with E-state index in [1.54, 1.807) is 0 Å². The Kier molecular flexibility index (Phi) is 2.82. The zero-order valence-corrected chi connectivity index (χ0v) is 8.82. The second-order valence-corrected chi connectivity index (χ2v) is 4.61. The molecular formula is C10H17ClO. The second kappa shape index (κ2) is 3.37. The first-order valence-corrected chi connectivity index (χ1v) is 5.09. The van der Waals surface area contributed by atoms with Crippen LogP contribution in [-0.4, -0.2) is 5.24 Å². The van der Waals surface area contributed by atoms with Crippen molar-refractivity contribution in [1.29, 1.82) is 0 Å². The van der Waals surface area contributed by atoms with Gasteiger partial charge in [0.1, 0.15) is 0 Å². The van der Waals surface area contributed by atoms with Crippen molar-refractivity contribution in [3.63, 3.8) is 0 Å². The van der Waals surface area contributed by atoms with Gasteiger partial charge < -0.3 is 0 Å². The summed E-state index contributed by atoms with van der Waals surface area (Å²) < 4.78 is 0. The molecule has 0 N–H and O–H groups in total. The van der Waals surface area contributed by atoms with Crippen LogP contribution in [0.2, 0.25) is 0 Å². The summed E-state index contributed by atoms with van der Waals surface area (Å²) in [6.07, 6.45) is 3.28. The van der Waals surface area contributed by atoms with Crippen molar-refractivity contribution in [3.8, 4) is 0 Å². The minimum Gasteiger partial charge on any atom is -0.281 e. The monoisotopic (exact) mass is 188 g/mol. The fraction of sp³-hybridized carbons (Fsp3) is 0.900. The number of carbonyl (C=O) groups excluding carboxylic acids is 1. The molecule has 0 heterocycles. The summed E-state index contributed by atoms with van der Waals surface area (Å²) in [7, 11) is 0. The van der Waals surface area contributed by atoms with Crippen molar-refractivity contribution in [2.45, 2.75) is 40.0 Å². The van der Waals surface area contributed by atoms with Gasteiger partial charge in [0.15, 0.2) is 0 Å². The third-order valence-electron chi connectivity index (χ3n) is 3.50. The average molecular weight is 189 g/mol. The van der Waals surface area contributed by atoms with Crippen LogP contribution in [-0.2, 0) is 4.79 Å². The minimum absolute atomic E-state index is 0.123. The third kappa shape index (κ3) is 1.28. The molecular weight excluding hydrogens is 172 g/mol. The Balaban J connectivity index is 2.93. The largest absolute Gasteiger partial charge is 0.281 e. The lowest BCUT2D eigenvalue weighted by atomic mass is 9.71. The Morgan fingerprint density at radius 2 is 2.17 bits per heavy atom. The fourth-order valence-corrected chi connectivity index (χ4v) is 3.08. The van der Waals surface area contributed by atoms with Gasteiger partial charge in [-0.05, 0) is 36.3 Å². The van der Waals surface area contributed by atoms with Crippen LogP contribution in [0.4, 0.5) is 0 Å². The summed E-state index contributed by atoms with van der Waals surface area (Å²) in [5, 5.41) is -0.123. The van der Waals surface area contributed by atoms with E-state index < -0.39 is 0 Å². The van der Waals surface area contributed by atoms with Crippen molar-refractivity contribution < 1.29 is 4.79 Å². The molecule has 0 radical (unpaired) electrons. The van der Waals surface area contributed by atoms with Crippen LogP contribution >= 0.6 is 11.6 Å². The van der Waals surface area contributed by atoms with Gasteiger partial charge in [0.2, 0.25) is 5.24 Å². The Labute approximate surface area is 79.5 Å². The van der Waals surface area contributed by atoms with Crippen LogP contribution < -0.4 is 0 Å². The Morgan fingerprint density at radius 3 is 2.33 bits per heavy atom. The van der Waals surface area contributed by atoms with E-state index in [9.17, 15) is 4.79 Å². The van der Waals surface area contributed by atoms with Gasteiger partial charge in [0.25, 0.3) is 0 Å². The van der Waals surface area contributed by atoms with Crippen LogP contribution in [0, 0.1) is 17.3 Å². The first-order chi connectivity index (χ1) is 5.51. The number of carbonyl (C=O) groups is 1. The van der Waals surface area contributed by atoms with Crippen LogP contribution in [0.3, 0.4) is 0 Å². The predicted molar refractivity (Wildman–Crippen MR) is 51.1 cm³/mol. The molecule has 0 saturated heterocycles. The summed E-state index contributed by atoms with van der Waals surface area (Å²) in [6, 6.07) is 0. The summed E-state index contributed by atoms with van der Waals surface area (Å²) in [6.45, 7) is 6.34. The molecule has 70 valence electrons. The highest BCUT2D eigenvalue weighted by atomic mass is 35.5. The van der Waals surface area contributed by atoms with Crippen molar-refractivity contribution in [3.05, 3.63) is 0 Å². The molecule has 0 aromatic heterocycles. The van der Waals surface area contributed by atoms with E-state index in [4.69, 9.17) is 11.6 Å². The number of hydrogen-bond acceptors (Lipinski definition) is 1. The molecule has 2 atom stereocenters. The zero-order valence-electron chi connectivity index (χ0n) is 8.06. The van der Waals surface area contributed by atoms with Crippen LogP contribution in [0.15, 0.2) is 0 Å². The van der Waals surface area contributed by atoms with Crippen molar-refractivity contribution >= 4 is 16.8 Å². The highest BCUT2D eigenvalue weighted by Crippen LogP contribution is 2.49. The molecule has 0 bridgehead atoms. The van der Waals surface area contributed by atoms with E-state index in [0.29, 0.717) is 11.8 Å². The minimum atomic E-state index is -0.221. The van der Waals surface area contributed by atoms with E-state index >= 15 is 0 Å². The lowest BCUT2D eigenvalue weighted by Gasteiger charge is -2.33. The maximum absolute atomic E-state index is 11.4. The Morgan fingerprint density at radius 1 is 1.58 bits per heavy atom. The van der Waals surface area contributed by atoms with Crippen LogP contribution in [0.1, 0.15) is 40.0 Å². The molecule has 2 unspecified atom stereocenters. The average Bonchev–Trinajstić information content (AvgIpc) is 2.31. The number of halogens is 1. The van der Waals surface area contributed by atoms with E-state index in [1.807, 2.05) is 0 Å². The van der Waals surface area contributed by atoms with Gasteiger partial charge in [-0.2, -0.15) is 0 Å². The van der Waals surface area contributed by atoms with Gasteiger partial charge in [-0.1, -0.05) is 27.2 Å². The van der Waals surface area contributed by atoms with Gasteiger partial charge >= 0.3 is 0 Å². The lowest BCUT2D eigenvalue weighted by Crippen LogP contribution is -2.35. The molecule has 1 aliphatic carbocycles. The highest BCUT2D eigenvalue weighted by Gasteiger charge is 2.47. The van der Waals surface area contributed by atoms with Crippen LogP contribution in [0.25, 0.3) is 0 Å². The van der Waals surface area contributed by atoms with E-state index in [0.717, 1.165) is 19.3 Å². The predicted octanol–water partition coefficient (Wildman–Crippen LogP) is 3.21. The van der Waals surface area contributed by atoms with Crippen molar-refractivity contribution in [2.75, 3.05) is 0 Å². The first-order valence-electron chi connectivity index (χ1n) is 4.71. The fourth-order valence-electron chi connectivity index (χ4n) is 2.58. The third-order valence-corrected chi connectivity index (χ3v) is 3.86. The molecule has 1 rings (SSSR count). The molecule has 0 aromatic carbocycles. The standard InChI is InChI=1S/C10H17ClO/c1-7(2)10(9(11)12)6-4-5-8(10)3/h7-8H,4-6H2,1-3H3. The molecule has 1 aliphatic rings. The van der Waals surface area contributed by atoms with E-state index in [2.05, 4.69) is 20.8 Å². The molecule has 0 aliphatic heterocycles. The lowest BCUT2D eigenvalue weighted by molar-refractivity contribution is -0.124. The van der Waals surface area contributed by atoms with Gasteiger partial charge in [-0.3, -0.25) is 4.79 Å². The summed E-state index contributed by atoms with van der Waals surface area (Å²) in [4.78, 5) is 11.4. The van der Waals surface area contributed by atoms with Gasteiger partial charge in [-0.25, -0.2) is 0 Å². The summed E-state index contributed by atoms with van der Waals surface area (Å²) >= 11 is 5.69. The van der Waals surface area contributed by atoms with Gasteiger partial charge in [-0.15, -0.1) is 0 Å². The molecule has 2 heteroatoms. The number of rotatable bonds is 2. The molecule has 0 spiro atoms. The molecule has 1 fully saturated rings. The maximum Gasteiger partial charge on any atom is 0.228 e. The zero-order chi connectivity index (χ0) is 9.35. The first kappa shape index (κ1) is 10.0. The second-order valence-electron chi connectivity index (χ2n) is 4.26. The quantitative estimate of drug-likeness (QED) is 0.609. The van der Waals surface area contributed by atoms with Crippen molar-refractivity contribution in [1.82, 2.24) is 0 Å². The van der Waals surface area contributed by atoms with E-state index in [1.165, 1.54) is 0 Å². The van der Waals surface area contributed by atoms with Crippen LogP contribution in [0.5, 0.6) is 0 Å². The van der Waals surface area contributed by atoms with Crippen molar-refractivity contribution in [2.24, 2.45) is 17.3 Å². The molecule has 0 aromatic rings. The molecule has 12 heavy (non-hydrogen) atoms. The molecule has 0 amide bonds. The summed E-state index contributed by atoms with van der Waals surface area (Å²) in [5.74, 6) is 0.836. The summed E-state index contributed by atoms with van der Waals surface area (Å²) in [5.41, 5.74) is -0.221. The Hall–Kier alpha value is -0.0400. The maximum atomic E-state index is 11.4. The number of hydrogen-bond donors (Lipinski definition) is 0. The molecule has 1 nitrogen and oxygen atoms in total. The highest BCUT2D eigenvalue weighted by molar-refractivity contribution is 6.64. The normalized spacial score (nSPS) is 35.9. The SMILES string of the molecule is CC(C)C1(C(=O)Cl)CCCC1C. The van der Waals surface area contributed by atoms with Gasteiger partial charge in [0, 0.05) is 5.41 Å². The molecule has 1 saturated carbocycles. The van der Waals surface area contributed by atoms with Gasteiger partial charge in [0.05, 0.1) is 0 Å². The smallest absolute Gasteiger partial charge is 0.228 e. The topological polar surface area (TPSA) is 17.1 Å².